The van der Waals surface area contributed by atoms with Gasteiger partial charge in [-0.2, -0.15) is 0 Å². The highest BCUT2D eigenvalue weighted by Crippen LogP contribution is 2.24. The van der Waals surface area contributed by atoms with E-state index in [0.717, 1.165) is 44.9 Å². The third kappa shape index (κ3) is 48.0. The van der Waals surface area contributed by atoms with Gasteiger partial charge in [0.25, 0.3) is 0 Å². The molecule has 1 aliphatic heterocycles. The van der Waals surface area contributed by atoms with Crippen molar-refractivity contribution in [3.63, 3.8) is 0 Å². The largest absolute Gasteiger partial charge is 0.394 e. The Balaban J connectivity index is 2.21. The summed E-state index contributed by atoms with van der Waals surface area (Å²) < 4.78 is 11.2. The van der Waals surface area contributed by atoms with Crippen LogP contribution in [0.4, 0.5) is 0 Å². The van der Waals surface area contributed by atoms with E-state index < -0.39 is 74.2 Å². The first kappa shape index (κ1) is 79.3. The highest BCUT2D eigenvalue weighted by Gasteiger charge is 2.44. The Morgan fingerprint density at radius 1 is 0.422 bits per heavy atom. The molecule has 0 bridgehead atoms. The van der Waals surface area contributed by atoms with Crippen molar-refractivity contribution in [2.75, 3.05) is 13.2 Å². The van der Waals surface area contributed by atoms with Gasteiger partial charge in [-0.1, -0.05) is 314 Å². The van der Waals surface area contributed by atoms with Crippen molar-refractivity contribution in [2.24, 2.45) is 0 Å². The molecule has 1 heterocycles. The Hall–Kier alpha value is -1.67. The first-order valence-electron chi connectivity index (χ1n) is 35.9. The number of hydrogen-bond acceptors (Lipinski definition) is 10. The van der Waals surface area contributed by atoms with E-state index in [9.17, 15) is 40.5 Å². The highest BCUT2D eigenvalue weighted by molar-refractivity contribution is 5.80. The molecule has 1 amide bonds. The molecule has 0 saturated carbocycles. The van der Waals surface area contributed by atoms with Gasteiger partial charge in [0.05, 0.1) is 25.4 Å². The fourth-order valence-corrected chi connectivity index (χ4v) is 11.7. The minimum atomic E-state index is -1.67. The van der Waals surface area contributed by atoms with Crippen LogP contribution < -0.4 is 5.32 Å². The summed E-state index contributed by atoms with van der Waals surface area (Å²) in [5, 5.41) is 76.5. The van der Waals surface area contributed by atoms with E-state index in [0.29, 0.717) is 12.8 Å². The predicted molar refractivity (Wildman–Crippen MR) is 349 cm³/mol. The molecule has 1 aliphatic rings. The maximum Gasteiger partial charge on any atom is 0.249 e. The van der Waals surface area contributed by atoms with Crippen LogP contribution in [0.15, 0.2) is 36.5 Å². The lowest BCUT2D eigenvalue weighted by atomic mass is 9.98. The number of allylic oxidation sites excluding steroid dienone is 6. The van der Waals surface area contributed by atoms with Crippen molar-refractivity contribution in [2.45, 2.75) is 403 Å². The second-order valence-electron chi connectivity index (χ2n) is 25.3. The third-order valence-corrected chi connectivity index (χ3v) is 17.4. The number of ether oxygens (including phenoxy) is 2. The maximum absolute atomic E-state index is 13.3. The molecule has 0 aromatic rings. The van der Waals surface area contributed by atoms with Crippen LogP contribution in [0.5, 0.6) is 0 Å². The van der Waals surface area contributed by atoms with Crippen molar-refractivity contribution in [1.29, 1.82) is 0 Å². The van der Waals surface area contributed by atoms with Gasteiger partial charge in [0.2, 0.25) is 5.91 Å². The number of aliphatic hydroxyl groups is 7. The third-order valence-electron chi connectivity index (χ3n) is 17.4. The van der Waals surface area contributed by atoms with E-state index in [1.807, 2.05) is 0 Å². The first-order valence-corrected chi connectivity index (χ1v) is 35.9. The molecule has 83 heavy (non-hydrogen) atoms. The Labute approximate surface area is 511 Å². The lowest BCUT2D eigenvalue weighted by Crippen LogP contribution is -2.60. The second kappa shape index (κ2) is 60.6. The van der Waals surface area contributed by atoms with Crippen LogP contribution >= 0.6 is 0 Å². The Morgan fingerprint density at radius 2 is 0.747 bits per heavy atom. The number of rotatable bonds is 63. The normalized spacial score (nSPS) is 19.2. The van der Waals surface area contributed by atoms with Crippen LogP contribution in [-0.2, 0) is 14.3 Å². The predicted octanol–water partition coefficient (Wildman–Crippen LogP) is 17.4. The van der Waals surface area contributed by atoms with Gasteiger partial charge in [-0.05, 0) is 70.6 Å². The van der Waals surface area contributed by atoms with Crippen molar-refractivity contribution < 1.29 is 50.0 Å². The van der Waals surface area contributed by atoms with Gasteiger partial charge in [0.1, 0.15) is 36.6 Å². The Kier molecular flexibility index (Phi) is 57.9. The summed E-state index contributed by atoms with van der Waals surface area (Å²) in [6.45, 7) is 3.50. The summed E-state index contributed by atoms with van der Waals surface area (Å²) in [5.74, 6) is -0.702. The molecule has 0 aromatic carbocycles. The fraction of sp³-hybridized carbons (Fsp3) is 0.903. The van der Waals surface area contributed by atoms with Gasteiger partial charge >= 0.3 is 0 Å². The van der Waals surface area contributed by atoms with E-state index in [4.69, 9.17) is 9.47 Å². The molecular weight excluding hydrogens is 1040 g/mol. The zero-order valence-electron chi connectivity index (χ0n) is 54.2. The molecule has 11 heteroatoms. The summed E-state index contributed by atoms with van der Waals surface area (Å²) in [5.41, 5.74) is 0. The average Bonchev–Trinajstić information content (AvgIpc) is 3.68. The van der Waals surface area contributed by atoms with Crippen LogP contribution in [0.1, 0.15) is 348 Å². The van der Waals surface area contributed by atoms with E-state index in [-0.39, 0.29) is 12.8 Å². The quantitative estimate of drug-likeness (QED) is 0.0215. The van der Waals surface area contributed by atoms with Crippen molar-refractivity contribution in [3.05, 3.63) is 36.5 Å². The van der Waals surface area contributed by atoms with E-state index in [1.54, 1.807) is 0 Å². The number of aliphatic hydroxyl groups excluding tert-OH is 7. The zero-order chi connectivity index (χ0) is 60.3. The number of carbonyl (C=O) groups is 1. The number of hydrogen-bond donors (Lipinski definition) is 8. The average molecular weight is 1180 g/mol. The molecule has 490 valence electrons. The van der Waals surface area contributed by atoms with Gasteiger partial charge in [0, 0.05) is 0 Å². The summed E-state index contributed by atoms with van der Waals surface area (Å²) in [6, 6.07) is -1.19. The second-order valence-corrected chi connectivity index (χ2v) is 25.3. The van der Waals surface area contributed by atoms with Crippen molar-refractivity contribution >= 4 is 5.91 Å². The van der Waals surface area contributed by atoms with Gasteiger partial charge in [-0.15, -0.1) is 0 Å². The molecule has 0 aliphatic carbocycles. The van der Waals surface area contributed by atoms with Crippen LogP contribution in [-0.4, -0.2) is 110 Å². The minimum absolute atomic E-state index is 0.254. The van der Waals surface area contributed by atoms with Crippen LogP contribution in [0.2, 0.25) is 0 Å². The Morgan fingerprint density at radius 3 is 1.11 bits per heavy atom. The summed E-state index contributed by atoms with van der Waals surface area (Å²) in [4.78, 5) is 13.3. The summed E-state index contributed by atoms with van der Waals surface area (Å²) in [6.07, 6.45) is 66.6. The molecule has 0 spiro atoms. The molecule has 11 nitrogen and oxygen atoms in total. The fourth-order valence-electron chi connectivity index (χ4n) is 11.7. The van der Waals surface area contributed by atoms with Crippen LogP contribution in [0.25, 0.3) is 0 Å². The Bertz CT molecular complexity index is 1440. The highest BCUT2D eigenvalue weighted by atomic mass is 16.7. The topological polar surface area (TPSA) is 189 Å². The standard InChI is InChI=1S/C72H137NO10/c1-3-5-7-9-11-13-15-17-19-21-23-25-27-29-31-32-33-34-36-38-40-42-44-46-48-50-52-54-56-58-60-65(76)71(81)73-63(62-82-72-70(80)69(79)68(78)66(61-74)83-72)67(77)64(75)59-57-55-53-51-49-47-45-43-41-39-37-35-30-28-26-24-22-20-18-16-14-12-10-8-6-4-2/h23,25,29,31,51,53,63-70,72,74-80H,3-22,24,26-28,30,32-50,52,54-62H2,1-2H3,(H,73,81)/b25-23-,31-29-,53-51+. The molecule has 0 aromatic heterocycles. The van der Waals surface area contributed by atoms with Crippen LogP contribution in [0.3, 0.4) is 0 Å². The molecule has 1 saturated heterocycles. The monoisotopic (exact) mass is 1180 g/mol. The van der Waals surface area contributed by atoms with E-state index >= 15 is 0 Å². The smallest absolute Gasteiger partial charge is 0.249 e. The van der Waals surface area contributed by atoms with Gasteiger partial charge in [0.15, 0.2) is 6.29 Å². The summed E-state index contributed by atoms with van der Waals surface area (Å²) in [7, 11) is 0. The lowest BCUT2D eigenvalue weighted by Gasteiger charge is -2.40. The van der Waals surface area contributed by atoms with Gasteiger partial charge in [-0.25, -0.2) is 0 Å². The van der Waals surface area contributed by atoms with E-state index in [1.165, 1.54) is 263 Å². The molecule has 9 unspecified atom stereocenters. The van der Waals surface area contributed by atoms with Crippen molar-refractivity contribution in [1.82, 2.24) is 5.32 Å². The molecular formula is C72H137NO10. The summed E-state index contributed by atoms with van der Waals surface area (Å²) >= 11 is 0. The molecule has 1 fully saturated rings. The SMILES string of the molecule is CCCCCCCCCCC/C=C\C/C=C\CCCCCCCCCCCCCCCCC(O)C(=O)NC(COC1OC(CO)C(O)C(O)C1O)C(O)C(O)CCC/C=C/CCCCCCCCCCCCCCCCCCCCCCC. The molecule has 1 rings (SSSR count). The van der Waals surface area contributed by atoms with E-state index in [2.05, 4.69) is 55.6 Å². The van der Waals surface area contributed by atoms with Crippen molar-refractivity contribution in [3.8, 4) is 0 Å². The molecule has 0 radical (unpaired) electrons. The zero-order valence-corrected chi connectivity index (χ0v) is 54.2. The number of nitrogens with one attached hydrogen (secondary N) is 1. The number of unbranched alkanes of at least 4 members (excludes halogenated alkanes) is 45. The molecule has 8 N–H and O–H groups in total. The maximum atomic E-state index is 13.3. The van der Waals surface area contributed by atoms with Gasteiger partial charge < -0.3 is 50.5 Å². The number of amides is 1. The minimum Gasteiger partial charge on any atom is -0.394 e. The molecule has 9 atom stereocenters. The first-order chi connectivity index (χ1) is 40.7. The van der Waals surface area contributed by atoms with Gasteiger partial charge in [-0.3, -0.25) is 4.79 Å². The number of carbonyl (C=O) groups excluding carboxylic acids is 1. The lowest BCUT2D eigenvalue weighted by molar-refractivity contribution is -0.303. The van der Waals surface area contributed by atoms with Crippen LogP contribution in [0, 0.1) is 0 Å².